The predicted octanol–water partition coefficient (Wildman–Crippen LogP) is 2.24. The summed E-state index contributed by atoms with van der Waals surface area (Å²) in [6.07, 6.45) is 5.24. The molecule has 0 saturated carbocycles. The lowest BCUT2D eigenvalue weighted by atomic mass is 10.1. The highest BCUT2D eigenvalue weighted by Crippen LogP contribution is 2.14. The van der Waals surface area contributed by atoms with E-state index in [2.05, 4.69) is 15.5 Å². The van der Waals surface area contributed by atoms with E-state index in [1.165, 1.54) is 0 Å². The SMILES string of the molecule is C/C(=N/NC(=O)c1ccncc1)c1ccc(OCC(=O)N2CCCC2)cc1. The van der Waals surface area contributed by atoms with Gasteiger partial charge in [-0.15, -0.1) is 0 Å². The first-order chi connectivity index (χ1) is 13.1. The van der Waals surface area contributed by atoms with Crippen molar-refractivity contribution in [2.24, 2.45) is 5.10 Å². The van der Waals surface area contributed by atoms with Crippen molar-refractivity contribution in [3.05, 3.63) is 59.9 Å². The van der Waals surface area contributed by atoms with Crippen LogP contribution in [-0.2, 0) is 4.79 Å². The Kier molecular flexibility index (Phi) is 6.14. The third-order valence-corrected chi connectivity index (χ3v) is 4.36. The van der Waals surface area contributed by atoms with Crippen molar-refractivity contribution in [2.45, 2.75) is 19.8 Å². The van der Waals surface area contributed by atoms with Gasteiger partial charge in [0, 0.05) is 31.0 Å². The number of benzene rings is 1. The number of pyridine rings is 1. The van der Waals surface area contributed by atoms with Crippen LogP contribution in [0.2, 0.25) is 0 Å². The largest absolute Gasteiger partial charge is 0.484 e. The molecule has 1 aromatic carbocycles. The highest BCUT2D eigenvalue weighted by Gasteiger charge is 2.18. The van der Waals surface area contributed by atoms with Crippen molar-refractivity contribution in [2.75, 3.05) is 19.7 Å². The number of hydrazone groups is 1. The van der Waals surface area contributed by atoms with Gasteiger partial charge in [0.15, 0.2) is 6.61 Å². The predicted molar refractivity (Wildman–Crippen MR) is 102 cm³/mol. The van der Waals surface area contributed by atoms with Gasteiger partial charge >= 0.3 is 0 Å². The van der Waals surface area contributed by atoms with Gasteiger partial charge in [0.25, 0.3) is 11.8 Å². The van der Waals surface area contributed by atoms with Gasteiger partial charge in [0.05, 0.1) is 5.71 Å². The fraction of sp³-hybridized carbons (Fsp3) is 0.300. The molecule has 0 atom stereocenters. The summed E-state index contributed by atoms with van der Waals surface area (Å²) in [5.41, 5.74) is 4.53. The van der Waals surface area contributed by atoms with Gasteiger partial charge < -0.3 is 9.64 Å². The highest BCUT2D eigenvalue weighted by molar-refractivity contribution is 6.00. The normalized spacial score (nSPS) is 14.1. The van der Waals surface area contributed by atoms with Crippen LogP contribution < -0.4 is 10.2 Å². The van der Waals surface area contributed by atoms with Gasteiger partial charge in [-0.25, -0.2) is 5.43 Å². The molecule has 1 fully saturated rings. The van der Waals surface area contributed by atoms with Gasteiger partial charge in [0.2, 0.25) is 0 Å². The molecule has 0 bridgehead atoms. The van der Waals surface area contributed by atoms with Crippen molar-refractivity contribution in [1.29, 1.82) is 0 Å². The Balaban J connectivity index is 1.52. The lowest BCUT2D eigenvalue weighted by Crippen LogP contribution is -2.32. The summed E-state index contributed by atoms with van der Waals surface area (Å²) in [6.45, 7) is 3.50. The standard InChI is InChI=1S/C20H22N4O3/c1-15(22-23-20(26)17-8-10-21-11-9-17)16-4-6-18(7-5-16)27-14-19(25)24-12-2-3-13-24/h4-11H,2-3,12-14H2,1H3,(H,23,26)/b22-15-. The van der Waals surface area contributed by atoms with Gasteiger partial charge in [-0.1, -0.05) is 0 Å². The Bertz CT molecular complexity index is 813. The summed E-state index contributed by atoms with van der Waals surface area (Å²) in [5, 5.41) is 4.12. The second-order valence-corrected chi connectivity index (χ2v) is 6.27. The quantitative estimate of drug-likeness (QED) is 0.628. The van der Waals surface area contributed by atoms with Gasteiger partial charge in [-0.2, -0.15) is 5.10 Å². The molecule has 2 heterocycles. The summed E-state index contributed by atoms with van der Waals surface area (Å²) in [7, 11) is 0. The average Bonchev–Trinajstić information content (AvgIpc) is 3.26. The minimum atomic E-state index is -0.294. The Morgan fingerprint density at radius 3 is 2.41 bits per heavy atom. The zero-order valence-corrected chi connectivity index (χ0v) is 15.2. The third-order valence-electron chi connectivity index (χ3n) is 4.36. The maximum atomic E-state index is 12.0. The van der Waals surface area contributed by atoms with E-state index in [1.54, 1.807) is 43.6 Å². The number of nitrogens with one attached hydrogen (secondary N) is 1. The van der Waals surface area contributed by atoms with E-state index < -0.39 is 0 Å². The monoisotopic (exact) mass is 366 g/mol. The Morgan fingerprint density at radius 2 is 1.74 bits per heavy atom. The van der Waals surface area contributed by atoms with Crippen molar-refractivity contribution < 1.29 is 14.3 Å². The molecule has 1 aliphatic rings. The summed E-state index contributed by atoms with van der Waals surface area (Å²) in [4.78, 5) is 29.7. The van der Waals surface area contributed by atoms with Crippen molar-refractivity contribution >= 4 is 17.5 Å². The van der Waals surface area contributed by atoms with Crippen LogP contribution in [-0.4, -0.2) is 47.1 Å². The van der Waals surface area contributed by atoms with E-state index in [4.69, 9.17) is 4.74 Å². The maximum Gasteiger partial charge on any atom is 0.271 e. The summed E-state index contributed by atoms with van der Waals surface area (Å²) in [6, 6.07) is 10.5. The molecule has 1 N–H and O–H groups in total. The minimum Gasteiger partial charge on any atom is -0.484 e. The molecule has 2 aromatic rings. The van der Waals surface area contributed by atoms with E-state index in [1.807, 2.05) is 17.0 Å². The molecule has 1 saturated heterocycles. The van der Waals surface area contributed by atoms with Crippen LogP contribution in [0.1, 0.15) is 35.7 Å². The Morgan fingerprint density at radius 1 is 1.07 bits per heavy atom. The number of amides is 2. The van der Waals surface area contributed by atoms with Gasteiger partial charge in [-0.05, 0) is 61.7 Å². The molecule has 7 heteroatoms. The second kappa shape index (κ2) is 8.93. The molecule has 3 rings (SSSR count). The topological polar surface area (TPSA) is 83.9 Å². The molecule has 1 aliphatic heterocycles. The Labute approximate surface area is 158 Å². The third kappa shape index (κ3) is 5.13. The molecule has 140 valence electrons. The zero-order chi connectivity index (χ0) is 19.1. The van der Waals surface area contributed by atoms with Crippen molar-refractivity contribution in [3.8, 4) is 5.75 Å². The van der Waals surface area contributed by atoms with Crippen LogP contribution in [0.3, 0.4) is 0 Å². The number of aromatic nitrogens is 1. The van der Waals surface area contributed by atoms with E-state index in [0.29, 0.717) is 17.0 Å². The number of hydrogen-bond donors (Lipinski definition) is 1. The molecule has 0 unspecified atom stereocenters. The first-order valence-electron chi connectivity index (χ1n) is 8.89. The fourth-order valence-electron chi connectivity index (χ4n) is 2.76. The molecule has 27 heavy (non-hydrogen) atoms. The molecule has 0 spiro atoms. The molecule has 2 amide bonds. The van der Waals surface area contributed by atoms with E-state index in [9.17, 15) is 9.59 Å². The number of likely N-dealkylation sites (tertiary alicyclic amines) is 1. The number of carbonyl (C=O) groups is 2. The number of rotatable bonds is 6. The van der Waals surface area contributed by atoms with Crippen molar-refractivity contribution in [1.82, 2.24) is 15.3 Å². The van der Waals surface area contributed by atoms with Crippen LogP contribution in [0.5, 0.6) is 5.75 Å². The minimum absolute atomic E-state index is 0.0214. The molecule has 7 nitrogen and oxygen atoms in total. The van der Waals surface area contributed by atoms with E-state index in [0.717, 1.165) is 31.5 Å². The number of nitrogens with zero attached hydrogens (tertiary/aromatic N) is 3. The summed E-state index contributed by atoms with van der Waals surface area (Å²) >= 11 is 0. The first-order valence-corrected chi connectivity index (χ1v) is 8.89. The van der Waals surface area contributed by atoms with Gasteiger partial charge in [-0.3, -0.25) is 14.6 Å². The molecular formula is C20H22N4O3. The molecule has 0 aliphatic carbocycles. The van der Waals surface area contributed by atoms with Crippen LogP contribution in [0.4, 0.5) is 0 Å². The number of hydrogen-bond acceptors (Lipinski definition) is 5. The lowest BCUT2D eigenvalue weighted by molar-refractivity contribution is -0.132. The second-order valence-electron chi connectivity index (χ2n) is 6.27. The lowest BCUT2D eigenvalue weighted by Gasteiger charge is -2.15. The fourth-order valence-corrected chi connectivity index (χ4v) is 2.76. The zero-order valence-electron chi connectivity index (χ0n) is 15.2. The maximum absolute atomic E-state index is 12.0. The average molecular weight is 366 g/mol. The highest BCUT2D eigenvalue weighted by atomic mass is 16.5. The molecule has 1 aromatic heterocycles. The molecule has 0 radical (unpaired) electrons. The number of carbonyl (C=O) groups excluding carboxylic acids is 2. The number of ether oxygens (including phenoxy) is 1. The summed E-state index contributed by atoms with van der Waals surface area (Å²) < 4.78 is 5.56. The first kappa shape index (κ1) is 18.6. The van der Waals surface area contributed by atoms with E-state index >= 15 is 0 Å². The smallest absolute Gasteiger partial charge is 0.271 e. The van der Waals surface area contributed by atoms with E-state index in [-0.39, 0.29) is 18.4 Å². The molecular weight excluding hydrogens is 344 g/mol. The van der Waals surface area contributed by atoms with Crippen LogP contribution >= 0.6 is 0 Å². The van der Waals surface area contributed by atoms with Gasteiger partial charge in [0.1, 0.15) is 5.75 Å². The van der Waals surface area contributed by atoms with Crippen LogP contribution in [0, 0.1) is 0 Å². The summed E-state index contributed by atoms with van der Waals surface area (Å²) in [5.74, 6) is 0.352. The van der Waals surface area contributed by atoms with Crippen LogP contribution in [0.15, 0.2) is 53.9 Å². The van der Waals surface area contributed by atoms with Crippen molar-refractivity contribution in [3.63, 3.8) is 0 Å². The van der Waals surface area contributed by atoms with Crippen LogP contribution in [0.25, 0.3) is 0 Å². The Hall–Kier alpha value is -3.22.